The van der Waals surface area contributed by atoms with Gasteiger partial charge in [0, 0.05) is 24.6 Å². The highest BCUT2D eigenvalue weighted by atomic mass is 32.2. The van der Waals surface area contributed by atoms with Crippen LogP contribution in [-0.2, 0) is 26.2 Å². The van der Waals surface area contributed by atoms with Crippen LogP contribution in [0.25, 0.3) is 0 Å². The van der Waals surface area contributed by atoms with Crippen molar-refractivity contribution in [2.75, 3.05) is 5.32 Å². The van der Waals surface area contributed by atoms with Crippen LogP contribution in [0.15, 0.2) is 46.1 Å². The standard InChI is InChI=1S/C17H18N4O5S/c1-11(22)20-27(25,26)14-6-4-13(5-7-14)18-16(23)10-21-17(24)9-8-15(19-21)12-2-3-12/h4-9,12H,2-3,10H2,1H3,(H,18,23)(H,20,22). The van der Waals surface area contributed by atoms with Crippen LogP contribution in [0.2, 0.25) is 0 Å². The van der Waals surface area contributed by atoms with E-state index in [-0.39, 0.29) is 17.0 Å². The van der Waals surface area contributed by atoms with E-state index in [1.807, 2.05) is 4.72 Å². The lowest BCUT2D eigenvalue weighted by atomic mass is 10.3. The molecule has 0 saturated heterocycles. The van der Waals surface area contributed by atoms with E-state index in [4.69, 9.17) is 0 Å². The number of aromatic nitrogens is 2. The highest BCUT2D eigenvalue weighted by Crippen LogP contribution is 2.38. The molecule has 1 aliphatic rings. The van der Waals surface area contributed by atoms with E-state index in [1.54, 1.807) is 6.07 Å². The zero-order valence-corrected chi connectivity index (χ0v) is 15.3. The van der Waals surface area contributed by atoms with Gasteiger partial charge in [-0.3, -0.25) is 14.4 Å². The first-order valence-electron chi connectivity index (χ1n) is 8.26. The number of rotatable bonds is 6. The summed E-state index contributed by atoms with van der Waals surface area (Å²) in [6.07, 6.45) is 2.07. The molecule has 27 heavy (non-hydrogen) atoms. The zero-order chi connectivity index (χ0) is 19.6. The molecule has 3 rings (SSSR count). The van der Waals surface area contributed by atoms with Crippen molar-refractivity contribution in [2.24, 2.45) is 0 Å². The first-order chi connectivity index (χ1) is 12.7. The van der Waals surface area contributed by atoms with Gasteiger partial charge in [-0.25, -0.2) is 17.8 Å². The number of sulfonamides is 1. The van der Waals surface area contributed by atoms with Gasteiger partial charge in [0.15, 0.2) is 0 Å². The van der Waals surface area contributed by atoms with Crippen LogP contribution in [0.1, 0.15) is 31.4 Å². The smallest absolute Gasteiger partial charge is 0.267 e. The molecule has 0 atom stereocenters. The normalized spacial score (nSPS) is 13.8. The van der Waals surface area contributed by atoms with Crippen LogP contribution in [0.5, 0.6) is 0 Å². The van der Waals surface area contributed by atoms with E-state index in [9.17, 15) is 22.8 Å². The Balaban J connectivity index is 1.67. The Morgan fingerprint density at radius 3 is 2.41 bits per heavy atom. The lowest BCUT2D eigenvalue weighted by Crippen LogP contribution is -2.30. The van der Waals surface area contributed by atoms with Crippen molar-refractivity contribution < 1.29 is 18.0 Å². The number of hydrogen-bond donors (Lipinski definition) is 2. The molecule has 2 aromatic rings. The summed E-state index contributed by atoms with van der Waals surface area (Å²) in [5, 5.41) is 6.79. The van der Waals surface area contributed by atoms with Gasteiger partial charge in [0.25, 0.3) is 15.6 Å². The fraction of sp³-hybridized carbons (Fsp3) is 0.294. The van der Waals surface area contributed by atoms with Crippen molar-refractivity contribution in [1.29, 1.82) is 0 Å². The van der Waals surface area contributed by atoms with Gasteiger partial charge < -0.3 is 5.32 Å². The highest BCUT2D eigenvalue weighted by molar-refractivity contribution is 7.90. The van der Waals surface area contributed by atoms with Crippen molar-refractivity contribution >= 4 is 27.5 Å². The van der Waals surface area contributed by atoms with Crippen LogP contribution in [0.3, 0.4) is 0 Å². The van der Waals surface area contributed by atoms with E-state index in [0.29, 0.717) is 11.6 Å². The Morgan fingerprint density at radius 1 is 1.15 bits per heavy atom. The first kappa shape index (κ1) is 18.8. The maximum atomic E-state index is 12.2. The predicted octanol–water partition coefficient (Wildman–Crippen LogP) is 0.584. The minimum Gasteiger partial charge on any atom is -0.324 e. The van der Waals surface area contributed by atoms with Gasteiger partial charge in [0.05, 0.1) is 10.6 Å². The molecule has 0 bridgehead atoms. The monoisotopic (exact) mass is 390 g/mol. The summed E-state index contributed by atoms with van der Waals surface area (Å²) in [4.78, 5) is 34.9. The summed E-state index contributed by atoms with van der Waals surface area (Å²) in [5.41, 5.74) is 0.786. The van der Waals surface area contributed by atoms with Crippen LogP contribution in [0, 0.1) is 0 Å². The summed E-state index contributed by atoms with van der Waals surface area (Å²) < 4.78 is 26.7. The molecule has 1 fully saturated rings. The second-order valence-electron chi connectivity index (χ2n) is 6.26. The van der Waals surface area contributed by atoms with E-state index in [1.165, 1.54) is 30.3 Å². The second-order valence-corrected chi connectivity index (χ2v) is 7.95. The van der Waals surface area contributed by atoms with E-state index >= 15 is 0 Å². The topological polar surface area (TPSA) is 127 Å². The number of carbonyl (C=O) groups excluding carboxylic acids is 2. The molecule has 9 nitrogen and oxygen atoms in total. The number of amides is 2. The third-order valence-corrected chi connectivity index (χ3v) is 5.35. The molecule has 2 amide bonds. The number of benzene rings is 1. The third-order valence-electron chi connectivity index (χ3n) is 3.90. The maximum absolute atomic E-state index is 12.2. The Bertz CT molecular complexity index is 1040. The molecule has 0 radical (unpaired) electrons. The minimum atomic E-state index is -3.93. The van der Waals surface area contributed by atoms with Crippen molar-refractivity contribution in [3.63, 3.8) is 0 Å². The fourth-order valence-corrected chi connectivity index (χ4v) is 3.47. The quantitative estimate of drug-likeness (QED) is 0.743. The largest absolute Gasteiger partial charge is 0.324 e. The van der Waals surface area contributed by atoms with Gasteiger partial charge in [-0.1, -0.05) is 0 Å². The summed E-state index contributed by atoms with van der Waals surface area (Å²) >= 11 is 0. The lowest BCUT2D eigenvalue weighted by Gasteiger charge is -2.09. The molecule has 1 aliphatic carbocycles. The maximum Gasteiger partial charge on any atom is 0.267 e. The molecular weight excluding hydrogens is 372 g/mol. The van der Waals surface area contributed by atoms with E-state index in [0.717, 1.165) is 30.1 Å². The number of carbonyl (C=O) groups is 2. The van der Waals surface area contributed by atoms with Gasteiger partial charge in [-0.05, 0) is 43.2 Å². The second kappa shape index (κ2) is 7.31. The van der Waals surface area contributed by atoms with Crippen molar-refractivity contribution in [3.8, 4) is 0 Å². The summed E-state index contributed by atoms with van der Waals surface area (Å²) in [5.74, 6) is -0.799. The van der Waals surface area contributed by atoms with Crippen molar-refractivity contribution in [2.45, 2.75) is 37.1 Å². The molecule has 1 saturated carbocycles. The molecular formula is C17H18N4O5S. The molecule has 0 spiro atoms. The Morgan fingerprint density at radius 2 is 1.81 bits per heavy atom. The van der Waals surface area contributed by atoms with E-state index < -0.39 is 21.8 Å². The van der Waals surface area contributed by atoms with Crippen LogP contribution in [-0.4, -0.2) is 30.0 Å². The Labute approximate surface area is 155 Å². The summed E-state index contributed by atoms with van der Waals surface area (Å²) in [6, 6.07) is 8.39. The number of anilines is 1. The van der Waals surface area contributed by atoms with Crippen molar-refractivity contribution in [1.82, 2.24) is 14.5 Å². The fourth-order valence-electron chi connectivity index (χ4n) is 2.48. The van der Waals surface area contributed by atoms with Crippen LogP contribution in [0.4, 0.5) is 5.69 Å². The number of nitrogens with one attached hydrogen (secondary N) is 2. The Kier molecular flexibility index (Phi) is 5.08. The minimum absolute atomic E-state index is 0.106. The number of nitrogens with zero attached hydrogens (tertiary/aromatic N) is 2. The predicted molar refractivity (Wildman–Crippen MR) is 96.5 cm³/mol. The van der Waals surface area contributed by atoms with Crippen LogP contribution >= 0.6 is 0 Å². The molecule has 2 N–H and O–H groups in total. The molecule has 1 heterocycles. The molecule has 1 aromatic carbocycles. The van der Waals surface area contributed by atoms with Crippen LogP contribution < -0.4 is 15.6 Å². The highest BCUT2D eigenvalue weighted by Gasteiger charge is 2.25. The van der Waals surface area contributed by atoms with Gasteiger partial charge >= 0.3 is 0 Å². The average Bonchev–Trinajstić information content (AvgIpc) is 3.41. The molecule has 142 valence electrons. The molecule has 10 heteroatoms. The third kappa shape index (κ3) is 4.79. The van der Waals surface area contributed by atoms with E-state index in [2.05, 4.69) is 10.4 Å². The summed E-state index contributed by atoms with van der Waals surface area (Å²) in [6.45, 7) is 0.853. The average molecular weight is 390 g/mol. The molecule has 0 aliphatic heterocycles. The zero-order valence-electron chi connectivity index (χ0n) is 14.5. The molecule has 1 aromatic heterocycles. The van der Waals surface area contributed by atoms with Gasteiger partial charge in [-0.15, -0.1) is 0 Å². The number of hydrogen-bond acceptors (Lipinski definition) is 6. The first-order valence-corrected chi connectivity index (χ1v) is 9.74. The van der Waals surface area contributed by atoms with Gasteiger partial charge in [0.1, 0.15) is 6.54 Å². The lowest BCUT2D eigenvalue weighted by molar-refractivity contribution is -0.118. The Hall–Kier alpha value is -3.01. The molecule has 0 unspecified atom stereocenters. The van der Waals surface area contributed by atoms with Gasteiger partial charge in [-0.2, -0.15) is 5.10 Å². The van der Waals surface area contributed by atoms with Gasteiger partial charge in [0.2, 0.25) is 11.8 Å². The van der Waals surface area contributed by atoms with Crippen molar-refractivity contribution in [3.05, 3.63) is 52.4 Å². The SMILES string of the molecule is CC(=O)NS(=O)(=O)c1ccc(NC(=O)Cn2nc(C3CC3)ccc2=O)cc1. The summed E-state index contributed by atoms with van der Waals surface area (Å²) in [7, 11) is -3.93.